The van der Waals surface area contributed by atoms with Gasteiger partial charge in [-0.15, -0.1) is 0 Å². The van der Waals surface area contributed by atoms with E-state index in [2.05, 4.69) is 10.1 Å². The van der Waals surface area contributed by atoms with E-state index >= 15 is 0 Å². The molecule has 2 heterocycles. The number of aryl methyl sites for hydroxylation is 3. The lowest BCUT2D eigenvalue weighted by Gasteiger charge is -2.12. The van der Waals surface area contributed by atoms with Gasteiger partial charge in [0.05, 0.1) is 12.6 Å². The molecule has 0 fully saturated rings. The standard InChI is InChI=1S/C13H17N3O2/c1-4-8-9(6-12(17)18)11(5-2)15-13-10(8)7-14-16(13)3/h7H,4-6H2,1-3H3,(H,17,18). The van der Waals surface area contributed by atoms with Crippen LogP contribution in [0.1, 0.15) is 30.7 Å². The molecular formula is C13H17N3O2. The maximum Gasteiger partial charge on any atom is 0.307 e. The summed E-state index contributed by atoms with van der Waals surface area (Å²) in [6, 6.07) is 0. The Hall–Kier alpha value is -1.91. The number of nitrogens with zero attached hydrogens (tertiary/aromatic N) is 3. The second-order valence-corrected chi connectivity index (χ2v) is 4.30. The predicted octanol–water partition coefficient (Wildman–Crippen LogP) is 1.72. The molecule has 0 unspecified atom stereocenters. The summed E-state index contributed by atoms with van der Waals surface area (Å²) < 4.78 is 1.73. The highest BCUT2D eigenvalue weighted by Crippen LogP contribution is 2.24. The molecule has 0 bridgehead atoms. The molecule has 2 rings (SSSR count). The van der Waals surface area contributed by atoms with Gasteiger partial charge in [0.1, 0.15) is 0 Å². The Morgan fingerprint density at radius 2 is 2.06 bits per heavy atom. The lowest BCUT2D eigenvalue weighted by atomic mass is 9.97. The first-order valence-electron chi connectivity index (χ1n) is 6.12. The van der Waals surface area contributed by atoms with Crippen molar-refractivity contribution in [1.82, 2.24) is 14.8 Å². The maximum atomic E-state index is 11.0. The SMILES string of the molecule is CCc1nc2c(cnn2C)c(CC)c1CC(=O)O. The molecule has 0 amide bonds. The largest absolute Gasteiger partial charge is 0.481 e. The minimum absolute atomic E-state index is 0.0319. The third-order valence-electron chi connectivity index (χ3n) is 3.20. The topological polar surface area (TPSA) is 68.0 Å². The Bertz CT molecular complexity index is 602. The van der Waals surface area contributed by atoms with Crippen LogP contribution in [0.25, 0.3) is 11.0 Å². The highest BCUT2D eigenvalue weighted by atomic mass is 16.4. The Balaban J connectivity index is 2.76. The van der Waals surface area contributed by atoms with Gasteiger partial charge in [0.15, 0.2) is 5.65 Å². The summed E-state index contributed by atoms with van der Waals surface area (Å²) in [5.41, 5.74) is 3.61. The van der Waals surface area contributed by atoms with Crippen molar-refractivity contribution >= 4 is 17.0 Å². The molecule has 1 N–H and O–H groups in total. The van der Waals surface area contributed by atoms with Gasteiger partial charge >= 0.3 is 5.97 Å². The smallest absolute Gasteiger partial charge is 0.307 e. The molecule has 0 saturated carbocycles. The number of fused-ring (bicyclic) bond motifs is 1. The monoisotopic (exact) mass is 247 g/mol. The van der Waals surface area contributed by atoms with Gasteiger partial charge in [0.25, 0.3) is 0 Å². The van der Waals surface area contributed by atoms with Crippen LogP contribution < -0.4 is 0 Å². The molecule has 0 atom stereocenters. The molecule has 0 spiro atoms. The highest BCUT2D eigenvalue weighted by Gasteiger charge is 2.17. The van der Waals surface area contributed by atoms with Crippen molar-refractivity contribution in [3.63, 3.8) is 0 Å². The van der Waals surface area contributed by atoms with Gasteiger partial charge in [-0.2, -0.15) is 5.10 Å². The number of rotatable bonds is 4. The predicted molar refractivity (Wildman–Crippen MR) is 68.6 cm³/mol. The number of hydrogen-bond acceptors (Lipinski definition) is 3. The summed E-state index contributed by atoms with van der Waals surface area (Å²) in [5, 5.41) is 14.2. The van der Waals surface area contributed by atoms with Crippen LogP contribution >= 0.6 is 0 Å². The molecular weight excluding hydrogens is 230 g/mol. The highest BCUT2D eigenvalue weighted by molar-refractivity contribution is 5.83. The van der Waals surface area contributed by atoms with E-state index in [-0.39, 0.29) is 6.42 Å². The van der Waals surface area contributed by atoms with Crippen molar-refractivity contribution in [2.24, 2.45) is 7.05 Å². The molecule has 0 aromatic carbocycles. The van der Waals surface area contributed by atoms with Crippen LogP contribution in [-0.2, 0) is 31.1 Å². The summed E-state index contributed by atoms with van der Waals surface area (Å²) in [6.07, 6.45) is 3.33. The van der Waals surface area contributed by atoms with E-state index in [0.29, 0.717) is 0 Å². The van der Waals surface area contributed by atoms with E-state index in [9.17, 15) is 4.79 Å². The van der Waals surface area contributed by atoms with E-state index in [4.69, 9.17) is 5.11 Å². The van der Waals surface area contributed by atoms with E-state index in [1.807, 2.05) is 20.9 Å². The number of carboxylic acids is 1. The summed E-state index contributed by atoms with van der Waals surface area (Å²) in [6.45, 7) is 4.03. The second-order valence-electron chi connectivity index (χ2n) is 4.30. The summed E-state index contributed by atoms with van der Waals surface area (Å²) >= 11 is 0. The number of hydrogen-bond donors (Lipinski definition) is 1. The molecule has 0 aliphatic rings. The number of aliphatic carboxylic acids is 1. The lowest BCUT2D eigenvalue weighted by Crippen LogP contribution is -2.10. The molecule has 2 aromatic heterocycles. The Labute approximate surface area is 105 Å². The van der Waals surface area contributed by atoms with Crippen LogP contribution in [0.5, 0.6) is 0 Å². The van der Waals surface area contributed by atoms with Crippen molar-refractivity contribution in [2.75, 3.05) is 0 Å². The van der Waals surface area contributed by atoms with E-state index < -0.39 is 5.97 Å². The molecule has 5 heteroatoms. The van der Waals surface area contributed by atoms with Crippen molar-refractivity contribution in [1.29, 1.82) is 0 Å². The first-order chi connectivity index (χ1) is 8.58. The van der Waals surface area contributed by atoms with Gasteiger partial charge in [-0.3, -0.25) is 9.48 Å². The molecule has 0 radical (unpaired) electrons. The van der Waals surface area contributed by atoms with Crippen molar-refractivity contribution < 1.29 is 9.90 Å². The zero-order valence-electron chi connectivity index (χ0n) is 10.9. The Kier molecular flexibility index (Phi) is 3.32. The summed E-state index contributed by atoms with van der Waals surface area (Å²) in [5.74, 6) is -0.815. The van der Waals surface area contributed by atoms with Gasteiger partial charge in [0, 0.05) is 18.1 Å². The quantitative estimate of drug-likeness (QED) is 0.893. The molecule has 18 heavy (non-hydrogen) atoms. The van der Waals surface area contributed by atoms with Crippen LogP contribution in [0.15, 0.2) is 6.20 Å². The van der Waals surface area contributed by atoms with Crippen LogP contribution in [0.4, 0.5) is 0 Å². The van der Waals surface area contributed by atoms with E-state index in [0.717, 1.165) is 40.7 Å². The Morgan fingerprint density at radius 3 is 2.61 bits per heavy atom. The Morgan fingerprint density at radius 1 is 1.33 bits per heavy atom. The molecule has 2 aromatic rings. The van der Waals surface area contributed by atoms with Gasteiger partial charge in [0.2, 0.25) is 0 Å². The molecule has 0 aliphatic carbocycles. The minimum Gasteiger partial charge on any atom is -0.481 e. The van der Waals surface area contributed by atoms with Crippen LogP contribution in [-0.4, -0.2) is 25.8 Å². The van der Waals surface area contributed by atoms with Gasteiger partial charge in [-0.05, 0) is 24.0 Å². The zero-order valence-corrected chi connectivity index (χ0v) is 10.9. The van der Waals surface area contributed by atoms with Crippen molar-refractivity contribution in [3.05, 3.63) is 23.0 Å². The second kappa shape index (κ2) is 4.76. The fourth-order valence-corrected chi connectivity index (χ4v) is 2.36. The molecule has 96 valence electrons. The van der Waals surface area contributed by atoms with Gasteiger partial charge in [-0.25, -0.2) is 4.98 Å². The zero-order chi connectivity index (χ0) is 13.3. The number of pyridine rings is 1. The van der Waals surface area contributed by atoms with Gasteiger partial charge in [-0.1, -0.05) is 13.8 Å². The number of carbonyl (C=O) groups is 1. The third kappa shape index (κ3) is 1.96. The number of carboxylic acid groups (broad SMARTS) is 1. The first-order valence-corrected chi connectivity index (χ1v) is 6.12. The minimum atomic E-state index is -0.815. The van der Waals surface area contributed by atoms with Gasteiger partial charge < -0.3 is 5.11 Å². The number of aromatic nitrogens is 3. The maximum absolute atomic E-state index is 11.0. The van der Waals surface area contributed by atoms with Crippen LogP contribution in [0, 0.1) is 0 Å². The molecule has 0 saturated heterocycles. The van der Waals surface area contributed by atoms with Crippen molar-refractivity contribution in [2.45, 2.75) is 33.1 Å². The average molecular weight is 247 g/mol. The fourth-order valence-electron chi connectivity index (χ4n) is 2.36. The lowest BCUT2D eigenvalue weighted by molar-refractivity contribution is -0.136. The third-order valence-corrected chi connectivity index (χ3v) is 3.20. The normalized spacial score (nSPS) is 11.1. The van der Waals surface area contributed by atoms with E-state index in [1.165, 1.54) is 0 Å². The van der Waals surface area contributed by atoms with Crippen LogP contribution in [0.2, 0.25) is 0 Å². The first kappa shape index (κ1) is 12.5. The van der Waals surface area contributed by atoms with Crippen molar-refractivity contribution in [3.8, 4) is 0 Å². The fraction of sp³-hybridized carbons (Fsp3) is 0.462. The average Bonchev–Trinajstić information content (AvgIpc) is 2.69. The summed E-state index contributed by atoms with van der Waals surface area (Å²) in [7, 11) is 1.85. The van der Waals surface area contributed by atoms with Crippen LogP contribution in [0.3, 0.4) is 0 Å². The molecule has 0 aliphatic heterocycles. The van der Waals surface area contributed by atoms with E-state index in [1.54, 1.807) is 10.9 Å². The summed E-state index contributed by atoms with van der Waals surface area (Å²) in [4.78, 5) is 15.5. The molecule has 5 nitrogen and oxygen atoms in total.